The summed E-state index contributed by atoms with van der Waals surface area (Å²) in [5, 5.41) is 6.72. The Balaban J connectivity index is 1.90. The molecule has 0 N–H and O–H groups in total. The lowest BCUT2D eigenvalue weighted by atomic mass is 10.4. The van der Waals surface area contributed by atoms with Gasteiger partial charge in [0.05, 0.1) is 24.6 Å². The number of alkyl halides is 4. The zero-order chi connectivity index (χ0) is 19.6. The van der Waals surface area contributed by atoms with Gasteiger partial charge in [-0.05, 0) is 12.1 Å². The van der Waals surface area contributed by atoms with E-state index in [4.69, 9.17) is 4.42 Å². The smallest absolute Gasteiger partial charge is 0.355 e. The number of aromatic nitrogens is 4. The molecule has 0 aliphatic carbocycles. The number of hydrogen-bond donors (Lipinski definition) is 0. The maximum atomic E-state index is 13.0. The minimum atomic E-state index is -4.98. The van der Waals surface area contributed by atoms with Gasteiger partial charge in [-0.3, -0.25) is 9.29 Å². The van der Waals surface area contributed by atoms with E-state index in [2.05, 4.69) is 20.2 Å². The fraction of sp³-hybridized carbons (Fsp3) is 0.231. The Morgan fingerprint density at radius 1 is 1.19 bits per heavy atom. The molecule has 0 aliphatic rings. The van der Waals surface area contributed by atoms with Gasteiger partial charge in [-0.2, -0.15) is 17.6 Å². The molecule has 8 nitrogen and oxygen atoms in total. The van der Waals surface area contributed by atoms with Gasteiger partial charge >= 0.3 is 12.2 Å². The summed E-state index contributed by atoms with van der Waals surface area (Å²) >= 11 is 0.838. The molecule has 0 atom stereocenters. The molecule has 3 aromatic rings. The fourth-order valence-corrected chi connectivity index (χ4v) is 3.76. The maximum Gasteiger partial charge on any atom is 0.355 e. The first kappa shape index (κ1) is 19.2. The van der Waals surface area contributed by atoms with E-state index in [1.807, 2.05) is 0 Å². The molecular weight excluding hydrogens is 414 g/mol. The third-order valence-electron chi connectivity index (χ3n) is 3.14. The number of halogens is 4. The third kappa shape index (κ3) is 4.05. The van der Waals surface area contributed by atoms with Crippen molar-refractivity contribution in [2.24, 2.45) is 0 Å². The molecule has 0 spiro atoms. The van der Waals surface area contributed by atoms with Gasteiger partial charge in [-0.25, -0.2) is 13.4 Å². The minimum absolute atomic E-state index is 0.0765. The lowest BCUT2D eigenvalue weighted by molar-refractivity contribution is 0.116. The van der Waals surface area contributed by atoms with Gasteiger partial charge in [0.1, 0.15) is 9.88 Å². The first-order valence-corrected chi connectivity index (χ1v) is 9.37. The Morgan fingerprint density at radius 2 is 1.96 bits per heavy atom. The van der Waals surface area contributed by atoms with Crippen LogP contribution in [-0.2, 0) is 16.6 Å². The second-order valence-corrected chi connectivity index (χ2v) is 7.83. The van der Waals surface area contributed by atoms with E-state index >= 15 is 0 Å². The van der Waals surface area contributed by atoms with Crippen molar-refractivity contribution in [3.63, 3.8) is 0 Å². The monoisotopic (exact) mass is 423 g/mol. The number of anilines is 1. The quantitative estimate of drug-likeness (QED) is 0.538. The minimum Gasteiger partial charge on any atom is -0.414 e. The standard InChI is InChI=1S/C13H9F4N5O3S2/c14-10(15)12-21-20-11(25-12)8-5-19-9(26-8)6-22(27(23,24)13(16)17)7-2-1-3-18-4-7/h1-5,10,13H,6H2. The van der Waals surface area contributed by atoms with Gasteiger partial charge in [0, 0.05) is 6.20 Å². The van der Waals surface area contributed by atoms with Crippen LogP contribution in [0.5, 0.6) is 0 Å². The van der Waals surface area contributed by atoms with E-state index in [0.717, 1.165) is 17.5 Å². The molecule has 0 saturated heterocycles. The number of sulfonamides is 1. The SMILES string of the molecule is O=S(=O)(C(F)F)N(Cc1ncc(-c2nnc(C(F)F)o2)s1)c1cccnc1. The highest BCUT2D eigenvalue weighted by Crippen LogP contribution is 2.30. The molecule has 0 amide bonds. The van der Waals surface area contributed by atoms with E-state index in [-0.39, 0.29) is 21.5 Å². The highest BCUT2D eigenvalue weighted by atomic mass is 32.2. The maximum absolute atomic E-state index is 13.0. The molecule has 3 aromatic heterocycles. The Bertz CT molecular complexity index is 1010. The first-order chi connectivity index (χ1) is 12.8. The van der Waals surface area contributed by atoms with Crippen LogP contribution in [0, 0.1) is 0 Å². The molecule has 0 saturated carbocycles. The van der Waals surface area contributed by atoms with Crippen LogP contribution >= 0.6 is 11.3 Å². The molecular formula is C13H9F4N5O3S2. The summed E-state index contributed by atoms with van der Waals surface area (Å²) in [6.45, 7) is -0.515. The zero-order valence-electron chi connectivity index (χ0n) is 13.0. The molecule has 3 rings (SSSR count). The Morgan fingerprint density at radius 3 is 2.56 bits per heavy atom. The van der Waals surface area contributed by atoms with E-state index in [1.54, 1.807) is 0 Å². The van der Waals surface area contributed by atoms with E-state index in [9.17, 15) is 26.0 Å². The van der Waals surface area contributed by atoms with Crippen LogP contribution in [0.2, 0.25) is 0 Å². The third-order valence-corrected chi connectivity index (χ3v) is 5.51. The van der Waals surface area contributed by atoms with Crippen LogP contribution in [0.3, 0.4) is 0 Å². The number of rotatable bonds is 7. The molecule has 3 heterocycles. The lowest BCUT2D eigenvalue weighted by Gasteiger charge is -2.22. The van der Waals surface area contributed by atoms with E-state index in [1.165, 1.54) is 24.5 Å². The molecule has 0 unspecified atom stereocenters. The molecule has 144 valence electrons. The van der Waals surface area contributed by atoms with E-state index < -0.39 is 34.6 Å². The summed E-state index contributed by atoms with van der Waals surface area (Å²) < 4.78 is 80.3. The fourth-order valence-electron chi connectivity index (χ4n) is 1.95. The average Bonchev–Trinajstić information content (AvgIpc) is 3.29. The van der Waals surface area contributed by atoms with Crippen molar-refractivity contribution in [3.05, 3.63) is 41.6 Å². The van der Waals surface area contributed by atoms with Gasteiger partial charge in [0.2, 0.25) is 0 Å². The second-order valence-electron chi connectivity index (χ2n) is 4.89. The number of pyridine rings is 1. The molecule has 14 heteroatoms. The summed E-state index contributed by atoms with van der Waals surface area (Å²) in [5.41, 5.74) is -0.0765. The van der Waals surface area contributed by atoms with Crippen molar-refractivity contribution in [2.45, 2.75) is 18.7 Å². The van der Waals surface area contributed by atoms with Gasteiger partial charge in [-0.1, -0.05) is 0 Å². The van der Waals surface area contributed by atoms with Gasteiger partial charge in [0.15, 0.2) is 0 Å². The van der Waals surface area contributed by atoms with Crippen molar-refractivity contribution < 1.29 is 30.4 Å². The summed E-state index contributed by atoms with van der Waals surface area (Å²) in [4.78, 5) is 7.82. The van der Waals surface area contributed by atoms with Crippen LogP contribution in [-0.4, -0.2) is 34.3 Å². The highest BCUT2D eigenvalue weighted by Gasteiger charge is 2.33. The topological polar surface area (TPSA) is 102 Å². The van der Waals surface area contributed by atoms with Crippen LogP contribution in [0.15, 0.2) is 35.1 Å². The van der Waals surface area contributed by atoms with Gasteiger partial charge in [0.25, 0.3) is 21.8 Å². The Hall–Kier alpha value is -2.61. The lowest BCUT2D eigenvalue weighted by Crippen LogP contribution is -2.35. The predicted molar refractivity (Wildman–Crippen MR) is 85.7 cm³/mol. The molecule has 0 radical (unpaired) electrons. The number of nitrogens with zero attached hydrogens (tertiary/aromatic N) is 5. The van der Waals surface area contributed by atoms with Crippen molar-refractivity contribution in [1.82, 2.24) is 20.2 Å². The summed E-state index contributed by atoms with van der Waals surface area (Å²) in [7, 11) is -4.98. The molecule has 0 aromatic carbocycles. The highest BCUT2D eigenvalue weighted by molar-refractivity contribution is 7.93. The van der Waals surface area contributed by atoms with E-state index in [0.29, 0.717) is 4.31 Å². The summed E-state index contributed by atoms with van der Waals surface area (Å²) in [6, 6.07) is 2.69. The first-order valence-electron chi connectivity index (χ1n) is 7.05. The Kier molecular flexibility index (Phi) is 5.36. The zero-order valence-corrected chi connectivity index (χ0v) is 14.7. The van der Waals surface area contributed by atoms with Gasteiger partial charge < -0.3 is 4.42 Å². The van der Waals surface area contributed by atoms with Crippen molar-refractivity contribution in [3.8, 4) is 10.8 Å². The second kappa shape index (κ2) is 7.56. The summed E-state index contributed by atoms with van der Waals surface area (Å²) in [5.74, 6) is -4.77. The normalized spacial score (nSPS) is 12.1. The van der Waals surface area contributed by atoms with Crippen LogP contribution < -0.4 is 4.31 Å². The predicted octanol–water partition coefficient (Wildman–Crippen LogP) is 3.08. The largest absolute Gasteiger partial charge is 0.414 e. The number of thiazole rings is 1. The van der Waals surface area contributed by atoms with Crippen LogP contribution in [0.25, 0.3) is 10.8 Å². The molecule has 27 heavy (non-hydrogen) atoms. The van der Waals surface area contributed by atoms with Crippen LogP contribution in [0.4, 0.5) is 23.2 Å². The molecule has 0 aliphatic heterocycles. The van der Waals surface area contributed by atoms with Crippen LogP contribution in [0.1, 0.15) is 17.3 Å². The van der Waals surface area contributed by atoms with Crippen molar-refractivity contribution >= 4 is 27.0 Å². The Labute approximate surface area is 153 Å². The summed E-state index contributed by atoms with van der Waals surface area (Å²) in [6.07, 6.45) is 0.713. The molecule has 0 bridgehead atoms. The van der Waals surface area contributed by atoms with Gasteiger partial charge in [-0.15, -0.1) is 21.5 Å². The van der Waals surface area contributed by atoms with Crippen molar-refractivity contribution in [1.29, 1.82) is 0 Å². The average molecular weight is 423 g/mol. The number of hydrogen-bond acceptors (Lipinski definition) is 8. The molecule has 0 fully saturated rings. The van der Waals surface area contributed by atoms with Crippen molar-refractivity contribution in [2.75, 3.05) is 4.31 Å².